The van der Waals surface area contributed by atoms with Gasteiger partial charge in [0, 0.05) is 31.5 Å². The van der Waals surface area contributed by atoms with Gasteiger partial charge in [0.15, 0.2) is 5.75 Å². The monoisotopic (exact) mass is 480 g/mol. The van der Waals surface area contributed by atoms with Crippen molar-refractivity contribution in [2.45, 2.75) is 36.6 Å². The van der Waals surface area contributed by atoms with Gasteiger partial charge in [-0.05, 0) is 55.4 Å². The number of piperidine rings is 1. The third-order valence-corrected chi connectivity index (χ3v) is 7.12. The average molecular weight is 481 g/mol. The molecule has 0 radical (unpaired) electrons. The second-order valence-corrected chi connectivity index (χ2v) is 9.61. The SMILES string of the molecule is O=C([C@H](Cc1ccc(O)c([N+](=O)[O-])c1)NS(=O)(=O)c1cccnc1)N1CCC(CCF)CC1. The van der Waals surface area contributed by atoms with Crippen LogP contribution in [0.1, 0.15) is 24.8 Å². The zero-order valence-corrected chi connectivity index (χ0v) is 18.6. The molecule has 12 heteroatoms. The summed E-state index contributed by atoms with van der Waals surface area (Å²) in [6.07, 6.45) is 4.06. The first-order valence-electron chi connectivity index (χ1n) is 10.4. The molecule has 0 spiro atoms. The smallest absolute Gasteiger partial charge is 0.310 e. The molecule has 2 heterocycles. The van der Waals surface area contributed by atoms with Crippen LogP contribution < -0.4 is 4.72 Å². The number of carbonyl (C=O) groups excluding carboxylic acids is 1. The van der Waals surface area contributed by atoms with E-state index in [-0.39, 0.29) is 17.2 Å². The Kier molecular flexibility index (Phi) is 7.92. The van der Waals surface area contributed by atoms with Crippen LogP contribution in [0.4, 0.5) is 10.1 Å². The lowest BCUT2D eigenvalue weighted by atomic mass is 9.93. The van der Waals surface area contributed by atoms with Gasteiger partial charge >= 0.3 is 5.69 Å². The molecule has 1 amide bonds. The average Bonchev–Trinajstić information content (AvgIpc) is 2.80. The number of halogens is 1. The van der Waals surface area contributed by atoms with Crippen LogP contribution in [0.25, 0.3) is 0 Å². The topological polar surface area (TPSA) is 143 Å². The highest BCUT2D eigenvalue weighted by Gasteiger charge is 2.32. The summed E-state index contributed by atoms with van der Waals surface area (Å²) in [7, 11) is -4.11. The van der Waals surface area contributed by atoms with Crippen molar-refractivity contribution in [1.29, 1.82) is 0 Å². The van der Waals surface area contributed by atoms with Crippen LogP contribution in [-0.2, 0) is 21.2 Å². The summed E-state index contributed by atoms with van der Waals surface area (Å²) in [5.74, 6) is -0.835. The fourth-order valence-corrected chi connectivity index (χ4v) is 4.99. The number of hydrogen-bond acceptors (Lipinski definition) is 7. The molecule has 2 aromatic rings. The van der Waals surface area contributed by atoms with Gasteiger partial charge in [-0.25, -0.2) is 8.42 Å². The first-order valence-corrected chi connectivity index (χ1v) is 11.9. The maximum absolute atomic E-state index is 13.3. The quantitative estimate of drug-likeness (QED) is 0.414. The predicted octanol–water partition coefficient (Wildman–Crippen LogP) is 2.18. The number of likely N-dealkylation sites (tertiary alicyclic amines) is 1. The number of phenols is 1. The fourth-order valence-electron chi connectivity index (χ4n) is 3.84. The number of rotatable bonds is 9. The number of nitrogens with one attached hydrogen (secondary N) is 1. The number of alkyl halides is 1. The maximum Gasteiger partial charge on any atom is 0.310 e. The van der Waals surface area contributed by atoms with Crippen LogP contribution in [-0.4, -0.2) is 60.0 Å². The summed E-state index contributed by atoms with van der Waals surface area (Å²) in [4.78, 5) is 28.9. The van der Waals surface area contributed by atoms with E-state index in [4.69, 9.17) is 0 Å². The van der Waals surface area contributed by atoms with Crippen LogP contribution in [0.15, 0.2) is 47.6 Å². The molecule has 0 bridgehead atoms. The molecule has 1 aliphatic rings. The van der Waals surface area contributed by atoms with E-state index in [2.05, 4.69) is 9.71 Å². The second kappa shape index (κ2) is 10.7. The first-order chi connectivity index (χ1) is 15.7. The molecular weight excluding hydrogens is 455 g/mol. The molecule has 0 saturated carbocycles. The number of nitrogens with zero attached hydrogens (tertiary/aromatic N) is 3. The predicted molar refractivity (Wildman–Crippen MR) is 117 cm³/mol. The van der Waals surface area contributed by atoms with E-state index in [0.29, 0.717) is 37.9 Å². The van der Waals surface area contributed by atoms with Crippen LogP contribution in [0.2, 0.25) is 0 Å². The number of amides is 1. The number of hydrogen-bond donors (Lipinski definition) is 2. The molecule has 1 fully saturated rings. The Morgan fingerprint density at radius 3 is 2.67 bits per heavy atom. The van der Waals surface area contributed by atoms with Crippen LogP contribution >= 0.6 is 0 Å². The van der Waals surface area contributed by atoms with E-state index in [0.717, 1.165) is 18.3 Å². The molecule has 178 valence electrons. The minimum Gasteiger partial charge on any atom is -0.502 e. The summed E-state index contributed by atoms with van der Waals surface area (Å²) < 4.78 is 40.8. The minimum atomic E-state index is -4.11. The third kappa shape index (κ3) is 6.23. The number of phenolic OH excluding ortho intramolecular Hbond substituents is 1. The fraction of sp³-hybridized carbons (Fsp3) is 0.429. The van der Waals surface area contributed by atoms with E-state index in [1.54, 1.807) is 0 Å². The standard InChI is InChI=1S/C21H25FN4O6S/c22-8-5-15-6-10-25(11-7-15)21(28)18(24-33(31,32)17-2-1-9-23-14-17)12-16-3-4-20(27)19(13-16)26(29)30/h1-4,9,13-15,18,24,27H,5-8,10-12H2/t18-/m0/s1. The number of benzene rings is 1. The van der Waals surface area contributed by atoms with Gasteiger partial charge in [-0.15, -0.1) is 0 Å². The number of pyridine rings is 1. The number of carbonyl (C=O) groups is 1. The molecule has 1 aliphatic heterocycles. The Balaban J connectivity index is 1.86. The Hall–Kier alpha value is -3.12. The van der Waals surface area contributed by atoms with Crippen molar-refractivity contribution in [3.05, 3.63) is 58.4 Å². The van der Waals surface area contributed by atoms with Crippen molar-refractivity contribution in [3.63, 3.8) is 0 Å². The highest BCUT2D eigenvalue weighted by Crippen LogP contribution is 2.27. The molecule has 3 rings (SSSR count). The van der Waals surface area contributed by atoms with Crippen molar-refractivity contribution < 1.29 is 27.6 Å². The highest BCUT2D eigenvalue weighted by atomic mass is 32.2. The van der Waals surface area contributed by atoms with Crippen molar-refractivity contribution in [2.75, 3.05) is 19.8 Å². The summed E-state index contributed by atoms with van der Waals surface area (Å²) in [6, 6.07) is 5.19. The molecule has 10 nitrogen and oxygen atoms in total. The molecule has 2 N–H and O–H groups in total. The number of sulfonamides is 1. The lowest BCUT2D eigenvalue weighted by molar-refractivity contribution is -0.385. The van der Waals surface area contributed by atoms with Crippen molar-refractivity contribution in [3.8, 4) is 5.75 Å². The molecule has 1 saturated heterocycles. The van der Waals surface area contributed by atoms with Crippen molar-refractivity contribution >= 4 is 21.6 Å². The molecule has 1 aromatic carbocycles. The molecule has 1 aromatic heterocycles. The molecule has 0 aliphatic carbocycles. The second-order valence-electron chi connectivity index (χ2n) is 7.89. The van der Waals surface area contributed by atoms with Crippen LogP contribution in [0.5, 0.6) is 5.75 Å². The molecule has 1 atom stereocenters. The van der Waals surface area contributed by atoms with Gasteiger partial charge in [-0.1, -0.05) is 6.07 Å². The largest absolute Gasteiger partial charge is 0.502 e. The van der Waals surface area contributed by atoms with Gasteiger partial charge in [-0.2, -0.15) is 4.72 Å². The normalized spacial score (nSPS) is 15.8. The minimum absolute atomic E-state index is 0.124. The van der Waals surface area contributed by atoms with E-state index in [1.807, 2.05) is 0 Å². The third-order valence-electron chi connectivity index (χ3n) is 5.66. The van der Waals surface area contributed by atoms with E-state index < -0.39 is 45.0 Å². The molecule has 0 unspecified atom stereocenters. The zero-order chi connectivity index (χ0) is 24.0. The van der Waals surface area contributed by atoms with Gasteiger partial charge < -0.3 is 10.0 Å². The van der Waals surface area contributed by atoms with Gasteiger partial charge in [0.1, 0.15) is 10.9 Å². The Labute approximate surface area is 190 Å². The van der Waals surface area contributed by atoms with E-state index >= 15 is 0 Å². The van der Waals surface area contributed by atoms with Gasteiger partial charge in [0.2, 0.25) is 15.9 Å². The van der Waals surface area contributed by atoms with Gasteiger partial charge in [0.05, 0.1) is 11.6 Å². The van der Waals surface area contributed by atoms with Crippen molar-refractivity contribution in [1.82, 2.24) is 14.6 Å². The lowest BCUT2D eigenvalue weighted by Crippen LogP contribution is -2.51. The number of nitro benzene ring substituents is 1. The number of aromatic hydroxyl groups is 1. The first kappa shape index (κ1) is 24.5. The van der Waals surface area contributed by atoms with Crippen LogP contribution in [0.3, 0.4) is 0 Å². The van der Waals surface area contributed by atoms with Crippen LogP contribution in [0, 0.1) is 16.0 Å². The van der Waals surface area contributed by atoms with E-state index in [1.165, 1.54) is 29.3 Å². The number of nitro groups is 1. The summed E-state index contributed by atoms with van der Waals surface area (Å²) >= 11 is 0. The Bertz CT molecular complexity index is 1090. The Morgan fingerprint density at radius 2 is 2.06 bits per heavy atom. The maximum atomic E-state index is 13.3. The summed E-state index contributed by atoms with van der Waals surface area (Å²) in [5.41, 5.74) is -0.236. The lowest BCUT2D eigenvalue weighted by Gasteiger charge is -2.34. The van der Waals surface area contributed by atoms with E-state index in [9.17, 15) is 32.8 Å². The molecular formula is C21H25FN4O6S. The van der Waals surface area contributed by atoms with Crippen molar-refractivity contribution in [2.24, 2.45) is 5.92 Å². The highest BCUT2D eigenvalue weighted by molar-refractivity contribution is 7.89. The van der Waals surface area contributed by atoms with Gasteiger partial charge in [0.25, 0.3) is 0 Å². The summed E-state index contributed by atoms with van der Waals surface area (Å²) in [5, 5.41) is 20.9. The summed E-state index contributed by atoms with van der Waals surface area (Å²) in [6.45, 7) is 0.306. The van der Waals surface area contributed by atoms with Gasteiger partial charge in [-0.3, -0.25) is 24.3 Å². The number of aromatic nitrogens is 1. The molecule has 33 heavy (non-hydrogen) atoms. The zero-order valence-electron chi connectivity index (χ0n) is 17.8. The Morgan fingerprint density at radius 1 is 1.33 bits per heavy atom.